The molecule has 0 saturated carbocycles. The molecule has 0 radical (unpaired) electrons. The SMILES string of the molecule is CN(C)C(=O)c1cccc(NC(=O)CCCN(C)S(=O)(=O)c2ccc(F)cc2)c1. The minimum Gasteiger partial charge on any atom is -0.345 e. The number of hydrogen-bond acceptors (Lipinski definition) is 4. The van der Waals surface area contributed by atoms with Gasteiger partial charge in [-0.2, -0.15) is 0 Å². The molecular formula is C20H24FN3O4S. The summed E-state index contributed by atoms with van der Waals surface area (Å²) >= 11 is 0. The van der Waals surface area contributed by atoms with E-state index in [1.807, 2.05) is 0 Å². The molecule has 0 aliphatic carbocycles. The summed E-state index contributed by atoms with van der Waals surface area (Å²) in [7, 11) is 0.952. The van der Waals surface area contributed by atoms with Crippen molar-refractivity contribution in [3.05, 3.63) is 59.9 Å². The number of anilines is 1. The van der Waals surface area contributed by atoms with Crippen molar-refractivity contribution in [3.8, 4) is 0 Å². The summed E-state index contributed by atoms with van der Waals surface area (Å²) in [5.74, 6) is -0.972. The predicted molar refractivity (Wildman–Crippen MR) is 109 cm³/mol. The second-order valence-electron chi connectivity index (χ2n) is 6.71. The van der Waals surface area contributed by atoms with Crippen LogP contribution in [0.3, 0.4) is 0 Å². The van der Waals surface area contributed by atoms with Crippen LogP contribution in [0, 0.1) is 5.82 Å². The Bertz CT molecular complexity index is 975. The largest absolute Gasteiger partial charge is 0.345 e. The lowest BCUT2D eigenvalue weighted by Crippen LogP contribution is -2.28. The highest BCUT2D eigenvalue weighted by atomic mass is 32.2. The summed E-state index contributed by atoms with van der Waals surface area (Å²) < 4.78 is 39.0. The van der Waals surface area contributed by atoms with Crippen LogP contribution in [0.25, 0.3) is 0 Å². The smallest absolute Gasteiger partial charge is 0.253 e. The molecule has 0 unspecified atom stereocenters. The molecule has 2 aromatic rings. The summed E-state index contributed by atoms with van der Waals surface area (Å²) in [6.45, 7) is 0.131. The normalized spacial score (nSPS) is 11.3. The van der Waals surface area contributed by atoms with Gasteiger partial charge in [-0.15, -0.1) is 0 Å². The lowest BCUT2D eigenvalue weighted by atomic mass is 10.1. The third-order valence-corrected chi connectivity index (χ3v) is 6.07. The van der Waals surface area contributed by atoms with Crippen LogP contribution in [0.4, 0.5) is 10.1 Å². The maximum Gasteiger partial charge on any atom is 0.253 e. The van der Waals surface area contributed by atoms with E-state index in [2.05, 4.69) is 5.32 Å². The van der Waals surface area contributed by atoms with Gasteiger partial charge in [-0.1, -0.05) is 6.07 Å². The number of carbonyl (C=O) groups is 2. The molecule has 0 spiro atoms. The number of amides is 2. The maximum atomic E-state index is 13.0. The van der Waals surface area contributed by atoms with Gasteiger partial charge < -0.3 is 10.2 Å². The Kier molecular flexibility index (Phi) is 7.46. The number of hydrogen-bond donors (Lipinski definition) is 1. The van der Waals surface area contributed by atoms with Crippen LogP contribution in [0.5, 0.6) is 0 Å². The number of nitrogens with one attached hydrogen (secondary N) is 1. The van der Waals surface area contributed by atoms with E-state index >= 15 is 0 Å². The van der Waals surface area contributed by atoms with Crippen LogP contribution >= 0.6 is 0 Å². The fourth-order valence-electron chi connectivity index (χ4n) is 2.58. The van der Waals surface area contributed by atoms with Gasteiger partial charge in [0.15, 0.2) is 0 Å². The van der Waals surface area contributed by atoms with Gasteiger partial charge in [-0.3, -0.25) is 9.59 Å². The summed E-state index contributed by atoms with van der Waals surface area (Å²) in [5, 5.41) is 2.71. The molecule has 9 heteroatoms. The Hall–Kier alpha value is -2.78. The van der Waals surface area contributed by atoms with Gasteiger partial charge in [0.25, 0.3) is 5.91 Å². The first-order valence-corrected chi connectivity index (χ1v) is 10.4. The summed E-state index contributed by atoms with van der Waals surface area (Å²) in [6.07, 6.45) is 0.411. The Balaban J connectivity index is 1.89. The fourth-order valence-corrected chi connectivity index (χ4v) is 3.79. The van der Waals surface area contributed by atoms with E-state index in [0.29, 0.717) is 17.7 Å². The predicted octanol–water partition coefficient (Wildman–Crippen LogP) is 2.57. The number of rotatable bonds is 8. The van der Waals surface area contributed by atoms with E-state index < -0.39 is 15.8 Å². The van der Waals surface area contributed by atoms with Crippen LogP contribution < -0.4 is 5.32 Å². The first-order chi connectivity index (χ1) is 13.6. The molecule has 0 saturated heterocycles. The number of carbonyl (C=O) groups excluding carboxylic acids is 2. The minimum absolute atomic E-state index is 0.00627. The molecule has 2 rings (SSSR count). The lowest BCUT2D eigenvalue weighted by molar-refractivity contribution is -0.116. The van der Waals surface area contributed by atoms with Gasteiger partial charge in [0.2, 0.25) is 15.9 Å². The highest BCUT2D eigenvalue weighted by Crippen LogP contribution is 2.16. The zero-order chi connectivity index (χ0) is 21.6. The van der Waals surface area contributed by atoms with Crippen molar-refractivity contribution < 1.29 is 22.4 Å². The molecule has 7 nitrogen and oxygen atoms in total. The van der Waals surface area contributed by atoms with Crippen LogP contribution in [0.15, 0.2) is 53.4 Å². The molecular weight excluding hydrogens is 397 g/mol. The lowest BCUT2D eigenvalue weighted by Gasteiger charge is -2.17. The van der Waals surface area contributed by atoms with Crippen molar-refractivity contribution in [3.63, 3.8) is 0 Å². The van der Waals surface area contributed by atoms with E-state index in [9.17, 15) is 22.4 Å². The third kappa shape index (κ3) is 6.10. The first kappa shape index (κ1) is 22.5. The average Bonchev–Trinajstić information content (AvgIpc) is 2.67. The number of halogens is 1. The van der Waals surface area contributed by atoms with E-state index in [1.54, 1.807) is 38.4 Å². The van der Waals surface area contributed by atoms with Crippen LogP contribution in [-0.4, -0.2) is 57.1 Å². The van der Waals surface area contributed by atoms with Crippen LogP contribution in [0.2, 0.25) is 0 Å². The van der Waals surface area contributed by atoms with Gasteiger partial charge in [0, 0.05) is 45.4 Å². The van der Waals surface area contributed by atoms with E-state index in [1.165, 1.54) is 24.1 Å². The van der Waals surface area contributed by atoms with Crippen LogP contribution in [-0.2, 0) is 14.8 Å². The van der Waals surface area contributed by atoms with Crippen molar-refractivity contribution in [1.29, 1.82) is 0 Å². The molecule has 0 bridgehead atoms. The molecule has 0 aromatic heterocycles. The Morgan fingerprint density at radius 3 is 2.31 bits per heavy atom. The highest BCUT2D eigenvalue weighted by molar-refractivity contribution is 7.89. The zero-order valence-electron chi connectivity index (χ0n) is 16.6. The van der Waals surface area contributed by atoms with Gasteiger partial charge in [0.1, 0.15) is 5.82 Å². The first-order valence-electron chi connectivity index (χ1n) is 8.95. The molecule has 0 aliphatic rings. The Labute approximate surface area is 170 Å². The third-order valence-electron chi connectivity index (χ3n) is 4.20. The molecule has 0 atom stereocenters. The number of nitrogens with zero attached hydrogens (tertiary/aromatic N) is 2. The number of sulfonamides is 1. The number of benzene rings is 2. The molecule has 0 heterocycles. The van der Waals surface area contributed by atoms with Crippen molar-refractivity contribution in [2.75, 3.05) is 33.0 Å². The maximum absolute atomic E-state index is 13.0. The average molecular weight is 421 g/mol. The standard InChI is InChI=1S/C20H24FN3O4S/c1-23(2)20(26)15-6-4-7-17(14-15)22-19(25)8-5-13-24(3)29(27,28)18-11-9-16(21)10-12-18/h4,6-7,9-12,14H,5,8,13H2,1-3H3,(H,22,25). The van der Waals surface area contributed by atoms with Crippen molar-refractivity contribution in [2.45, 2.75) is 17.7 Å². The Morgan fingerprint density at radius 1 is 1.03 bits per heavy atom. The van der Waals surface area contributed by atoms with E-state index in [0.717, 1.165) is 16.4 Å². The molecule has 2 aromatic carbocycles. The molecule has 2 amide bonds. The molecule has 0 aliphatic heterocycles. The monoisotopic (exact) mass is 421 g/mol. The van der Waals surface area contributed by atoms with E-state index in [4.69, 9.17) is 0 Å². The molecule has 156 valence electrons. The minimum atomic E-state index is -3.74. The second kappa shape index (κ2) is 9.62. The molecule has 29 heavy (non-hydrogen) atoms. The van der Waals surface area contributed by atoms with Crippen molar-refractivity contribution in [2.24, 2.45) is 0 Å². The van der Waals surface area contributed by atoms with Crippen LogP contribution in [0.1, 0.15) is 23.2 Å². The second-order valence-corrected chi connectivity index (χ2v) is 8.76. The van der Waals surface area contributed by atoms with Crippen molar-refractivity contribution >= 4 is 27.5 Å². The van der Waals surface area contributed by atoms with Gasteiger partial charge in [-0.05, 0) is 48.9 Å². The van der Waals surface area contributed by atoms with Crippen molar-refractivity contribution in [1.82, 2.24) is 9.21 Å². The van der Waals surface area contributed by atoms with Gasteiger partial charge in [0.05, 0.1) is 4.90 Å². The topological polar surface area (TPSA) is 86.8 Å². The Morgan fingerprint density at radius 2 is 1.69 bits per heavy atom. The summed E-state index contributed by atoms with van der Waals surface area (Å²) in [4.78, 5) is 25.6. The quantitative estimate of drug-likeness (QED) is 0.710. The van der Waals surface area contributed by atoms with Gasteiger partial charge >= 0.3 is 0 Å². The van der Waals surface area contributed by atoms with Gasteiger partial charge in [-0.25, -0.2) is 17.1 Å². The summed E-state index contributed by atoms with van der Waals surface area (Å²) in [6, 6.07) is 11.2. The fraction of sp³-hybridized carbons (Fsp3) is 0.300. The summed E-state index contributed by atoms with van der Waals surface area (Å²) in [5.41, 5.74) is 0.952. The molecule has 0 fully saturated rings. The molecule has 1 N–H and O–H groups in total. The van der Waals surface area contributed by atoms with E-state index in [-0.39, 0.29) is 29.7 Å². The highest BCUT2D eigenvalue weighted by Gasteiger charge is 2.20. The zero-order valence-corrected chi connectivity index (χ0v) is 17.4.